The molecule has 0 bridgehead atoms. The lowest BCUT2D eigenvalue weighted by atomic mass is 10.1. The maximum Gasteiger partial charge on any atom is 0.254 e. The average molecular weight is 251 g/mol. The zero-order valence-electron chi connectivity index (χ0n) is 10.7. The van der Waals surface area contributed by atoms with Crippen LogP contribution in [0.3, 0.4) is 0 Å². The van der Waals surface area contributed by atoms with E-state index in [4.69, 9.17) is 4.74 Å². The van der Waals surface area contributed by atoms with Crippen LogP contribution >= 0.6 is 0 Å². The Hall–Kier alpha value is -1.58. The Balaban J connectivity index is 2.09. The Kier molecular flexibility index (Phi) is 3.84. The van der Waals surface area contributed by atoms with E-state index >= 15 is 0 Å². The Morgan fingerprint density at radius 1 is 1.44 bits per heavy atom. The minimum absolute atomic E-state index is 0.0786. The van der Waals surface area contributed by atoms with Crippen molar-refractivity contribution in [3.8, 4) is 5.75 Å². The Morgan fingerprint density at radius 2 is 2.22 bits per heavy atom. The summed E-state index contributed by atoms with van der Waals surface area (Å²) in [5.41, 5.74) is 0.0786. The van der Waals surface area contributed by atoms with Gasteiger partial charge < -0.3 is 10.1 Å². The summed E-state index contributed by atoms with van der Waals surface area (Å²) in [7, 11) is 1.47. The van der Waals surface area contributed by atoms with Gasteiger partial charge in [0.05, 0.1) is 12.7 Å². The highest BCUT2D eigenvalue weighted by molar-refractivity contribution is 5.94. The first kappa shape index (κ1) is 12.9. The molecule has 1 aliphatic carbocycles. The van der Waals surface area contributed by atoms with E-state index in [2.05, 4.69) is 12.2 Å². The van der Waals surface area contributed by atoms with Crippen LogP contribution in [0.5, 0.6) is 5.75 Å². The summed E-state index contributed by atoms with van der Waals surface area (Å²) >= 11 is 0. The molecule has 1 aromatic carbocycles. The molecule has 2 unspecified atom stereocenters. The lowest BCUT2D eigenvalue weighted by Crippen LogP contribution is -2.36. The molecule has 3 nitrogen and oxygen atoms in total. The van der Waals surface area contributed by atoms with Crippen LogP contribution in [0.15, 0.2) is 18.2 Å². The fourth-order valence-corrected chi connectivity index (χ4v) is 2.41. The third-order valence-electron chi connectivity index (χ3n) is 3.60. The molecule has 0 aromatic heterocycles. The third kappa shape index (κ3) is 2.63. The number of halogens is 1. The monoisotopic (exact) mass is 251 g/mol. The van der Waals surface area contributed by atoms with Crippen LogP contribution in [-0.2, 0) is 0 Å². The number of amides is 1. The van der Waals surface area contributed by atoms with Crippen molar-refractivity contribution in [2.75, 3.05) is 7.11 Å². The number of carbonyl (C=O) groups is 1. The zero-order chi connectivity index (χ0) is 13.1. The third-order valence-corrected chi connectivity index (χ3v) is 3.60. The van der Waals surface area contributed by atoms with Crippen molar-refractivity contribution in [2.24, 2.45) is 5.92 Å². The van der Waals surface area contributed by atoms with Crippen LogP contribution in [0.1, 0.15) is 36.5 Å². The van der Waals surface area contributed by atoms with Gasteiger partial charge in [-0.05, 0) is 30.9 Å². The molecule has 1 fully saturated rings. The maximum atomic E-state index is 13.7. The highest BCUT2D eigenvalue weighted by Crippen LogP contribution is 2.25. The van der Waals surface area contributed by atoms with Gasteiger partial charge in [0.15, 0.2) is 0 Å². The van der Waals surface area contributed by atoms with E-state index < -0.39 is 5.82 Å². The highest BCUT2D eigenvalue weighted by Gasteiger charge is 2.25. The van der Waals surface area contributed by atoms with Gasteiger partial charge in [-0.3, -0.25) is 4.79 Å². The van der Waals surface area contributed by atoms with Gasteiger partial charge in [-0.15, -0.1) is 0 Å². The van der Waals surface area contributed by atoms with Crippen molar-refractivity contribution < 1.29 is 13.9 Å². The first-order valence-electron chi connectivity index (χ1n) is 6.26. The van der Waals surface area contributed by atoms with E-state index in [-0.39, 0.29) is 17.5 Å². The molecule has 2 rings (SSSR count). The minimum atomic E-state index is -0.544. The molecule has 0 radical (unpaired) electrons. The van der Waals surface area contributed by atoms with Gasteiger partial charge in [-0.25, -0.2) is 4.39 Å². The molecule has 1 aromatic rings. The van der Waals surface area contributed by atoms with Crippen LogP contribution in [0.25, 0.3) is 0 Å². The number of methoxy groups -OCH3 is 1. The van der Waals surface area contributed by atoms with Crippen LogP contribution in [-0.4, -0.2) is 19.1 Å². The van der Waals surface area contributed by atoms with Crippen molar-refractivity contribution in [3.05, 3.63) is 29.6 Å². The topological polar surface area (TPSA) is 38.3 Å². The maximum absolute atomic E-state index is 13.7. The van der Waals surface area contributed by atoms with Crippen LogP contribution in [0.2, 0.25) is 0 Å². The second kappa shape index (κ2) is 5.38. The number of hydrogen-bond donors (Lipinski definition) is 1. The summed E-state index contributed by atoms with van der Waals surface area (Å²) in [6.45, 7) is 2.11. The number of ether oxygens (including phenoxy) is 1. The number of benzene rings is 1. The van der Waals surface area contributed by atoms with Crippen LogP contribution in [0, 0.1) is 11.7 Å². The predicted molar refractivity (Wildman–Crippen MR) is 67.2 cm³/mol. The van der Waals surface area contributed by atoms with Crippen molar-refractivity contribution in [1.29, 1.82) is 0 Å². The van der Waals surface area contributed by atoms with E-state index in [1.807, 2.05) is 0 Å². The molecule has 2 atom stereocenters. The normalized spacial score (nSPS) is 22.8. The Bertz CT molecular complexity index is 447. The van der Waals surface area contributed by atoms with Gasteiger partial charge in [0.1, 0.15) is 11.6 Å². The van der Waals surface area contributed by atoms with Crippen molar-refractivity contribution >= 4 is 5.91 Å². The molecule has 98 valence electrons. The summed E-state index contributed by atoms with van der Waals surface area (Å²) in [5.74, 6) is -0.0000490. The van der Waals surface area contributed by atoms with E-state index in [1.54, 1.807) is 6.07 Å². The standard InChI is InChI=1S/C14H18FNO2/c1-9-4-3-5-13(9)16-14(17)11-7-6-10(18-2)8-12(11)15/h6-9,13H,3-5H2,1-2H3,(H,16,17). The van der Waals surface area contributed by atoms with E-state index in [0.717, 1.165) is 19.3 Å². The first-order chi connectivity index (χ1) is 8.61. The summed E-state index contributed by atoms with van der Waals surface area (Å²) in [4.78, 5) is 12.0. The summed E-state index contributed by atoms with van der Waals surface area (Å²) < 4.78 is 18.6. The molecule has 0 spiro atoms. The van der Waals surface area contributed by atoms with Gasteiger partial charge in [0.25, 0.3) is 5.91 Å². The molecule has 1 aliphatic rings. The predicted octanol–water partition coefficient (Wildman–Crippen LogP) is 2.75. The average Bonchev–Trinajstić information content (AvgIpc) is 2.74. The second-order valence-corrected chi connectivity index (χ2v) is 4.83. The number of hydrogen-bond acceptors (Lipinski definition) is 2. The molecule has 0 aliphatic heterocycles. The molecule has 1 saturated carbocycles. The SMILES string of the molecule is COc1ccc(C(=O)NC2CCCC2C)c(F)c1. The summed E-state index contributed by atoms with van der Waals surface area (Å²) in [6, 6.07) is 4.45. The van der Waals surface area contributed by atoms with E-state index in [9.17, 15) is 9.18 Å². The number of carbonyl (C=O) groups excluding carboxylic acids is 1. The quantitative estimate of drug-likeness (QED) is 0.897. The van der Waals surface area contributed by atoms with Crippen LogP contribution in [0.4, 0.5) is 4.39 Å². The van der Waals surface area contributed by atoms with Crippen LogP contribution < -0.4 is 10.1 Å². The summed E-state index contributed by atoms with van der Waals surface area (Å²) in [5, 5.41) is 2.90. The summed E-state index contributed by atoms with van der Waals surface area (Å²) in [6.07, 6.45) is 3.22. The fraction of sp³-hybridized carbons (Fsp3) is 0.500. The Morgan fingerprint density at radius 3 is 2.78 bits per heavy atom. The van der Waals surface area contributed by atoms with E-state index in [1.165, 1.54) is 19.2 Å². The van der Waals surface area contributed by atoms with Gasteiger partial charge in [0.2, 0.25) is 0 Å². The Labute approximate surface area is 106 Å². The fourth-order valence-electron chi connectivity index (χ4n) is 2.41. The molecule has 4 heteroatoms. The molecular weight excluding hydrogens is 233 g/mol. The van der Waals surface area contributed by atoms with Gasteiger partial charge >= 0.3 is 0 Å². The van der Waals surface area contributed by atoms with Crippen molar-refractivity contribution in [2.45, 2.75) is 32.2 Å². The molecule has 0 heterocycles. The van der Waals surface area contributed by atoms with Gasteiger partial charge in [-0.1, -0.05) is 13.3 Å². The lowest BCUT2D eigenvalue weighted by molar-refractivity contribution is 0.0925. The highest BCUT2D eigenvalue weighted by atomic mass is 19.1. The smallest absolute Gasteiger partial charge is 0.254 e. The van der Waals surface area contributed by atoms with Gasteiger partial charge in [0, 0.05) is 12.1 Å². The lowest BCUT2D eigenvalue weighted by Gasteiger charge is -2.17. The first-order valence-corrected chi connectivity index (χ1v) is 6.26. The van der Waals surface area contributed by atoms with E-state index in [0.29, 0.717) is 11.7 Å². The minimum Gasteiger partial charge on any atom is -0.497 e. The largest absolute Gasteiger partial charge is 0.497 e. The van der Waals surface area contributed by atoms with Crippen molar-refractivity contribution in [3.63, 3.8) is 0 Å². The number of rotatable bonds is 3. The molecule has 0 saturated heterocycles. The second-order valence-electron chi connectivity index (χ2n) is 4.83. The van der Waals surface area contributed by atoms with Crippen molar-refractivity contribution in [1.82, 2.24) is 5.32 Å². The molecule has 18 heavy (non-hydrogen) atoms. The van der Waals surface area contributed by atoms with Gasteiger partial charge in [-0.2, -0.15) is 0 Å². The molecule has 1 amide bonds. The molecule has 1 N–H and O–H groups in total. The number of nitrogens with one attached hydrogen (secondary N) is 1. The zero-order valence-corrected chi connectivity index (χ0v) is 10.7. The molecular formula is C14H18FNO2.